The Labute approximate surface area is 154 Å². The van der Waals surface area contributed by atoms with E-state index in [1.807, 2.05) is 18.2 Å². The van der Waals surface area contributed by atoms with Gasteiger partial charge in [-0.05, 0) is 54.7 Å². The van der Waals surface area contributed by atoms with Crippen LogP contribution >= 0.6 is 0 Å². The van der Waals surface area contributed by atoms with Gasteiger partial charge in [0.2, 0.25) is 0 Å². The minimum absolute atomic E-state index is 0.0946. The van der Waals surface area contributed by atoms with Crippen LogP contribution in [0.1, 0.15) is 30.4 Å². The van der Waals surface area contributed by atoms with Gasteiger partial charge in [-0.25, -0.2) is 4.39 Å². The fourth-order valence-electron chi connectivity index (χ4n) is 2.82. The number of ether oxygens (including phenoxy) is 2. The Balaban J connectivity index is 1.76. The van der Waals surface area contributed by atoms with E-state index >= 15 is 0 Å². The van der Waals surface area contributed by atoms with Crippen molar-refractivity contribution in [3.05, 3.63) is 59.4 Å². The molecule has 0 heterocycles. The van der Waals surface area contributed by atoms with Crippen LogP contribution in [0.3, 0.4) is 0 Å². The molecule has 0 saturated heterocycles. The zero-order valence-corrected chi connectivity index (χ0v) is 15.3. The second-order valence-corrected chi connectivity index (χ2v) is 6.36. The van der Waals surface area contributed by atoms with Crippen molar-refractivity contribution in [2.24, 2.45) is 5.73 Å². The summed E-state index contributed by atoms with van der Waals surface area (Å²) in [5.74, 6) is 1.27. The van der Waals surface area contributed by atoms with Crippen LogP contribution < -0.4 is 15.2 Å². The summed E-state index contributed by atoms with van der Waals surface area (Å²) in [6.45, 7) is 0. The highest BCUT2D eigenvalue weighted by Gasteiger charge is 2.11. The average Bonchev–Trinajstić information content (AvgIpc) is 2.65. The molecule has 0 saturated carbocycles. The minimum atomic E-state index is -0.263. The molecular formula is C21H26FNO3. The molecule has 26 heavy (non-hydrogen) atoms. The van der Waals surface area contributed by atoms with Gasteiger partial charge in [0.15, 0.2) is 11.5 Å². The molecule has 0 bridgehead atoms. The molecule has 1 unspecified atom stereocenters. The molecule has 0 radical (unpaired) electrons. The zero-order valence-electron chi connectivity index (χ0n) is 15.3. The van der Waals surface area contributed by atoms with Crippen LogP contribution in [0.2, 0.25) is 0 Å². The van der Waals surface area contributed by atoms with Crippen LogP contribution in [-0.4, -0.2) is 26.0 Å². The number of methoxy groups -OCH3 is 2. The van der Waals surface area contributed by atoms with E-state index in [4.69, 9.17) is 15.2 Å². The van der Waals surface area contributed by atoms with Crippen molar-refractivity contribution in [2.75, 3.05) is 14.2 Å². The maximum atomic E-state index is 12.9. The molecule has 1 atom stereocenters. The maximum absolute atomic E-state index is 12.9. The fourth-order valence-corrected chi connectivity index (χ4v) is 2.82. The molecule has 2 N–H and O–H groups in total. The van der Waals surface area contributed by atoms with E-state index in [0.717, 1.165) is 11.1 Å². The highest BCUT2D eigenvalue weighted by atomic mass is 19.1. The Bertz CT molecular complexity index is 716. The van der Waals surface area contributed by atoms with Gasteiger partial charge in [0, 0.05) is 18.9 Å². The average molecular weight is 359 g/mol. The Kier molecular flexibility index (Phi) is 7.60. The summed E-state index contributed by atoms with van der Waals surface area (Å²) in [4.78, 5) is 12.1. The van der Waals surface area contributed by atoms with Crippen LogP contribution in [0, 0.1) is 5.82 Å². The molecule has 0 aliphatic carbocycles. The quantitative estimate of drug-likeness (QED) is 0.703. The lowest BCUT2D eigenvalue weighted by molar-refractivity contribution is -0.119. The molecule has 140 valence electrons. The van der Waals surface area contributed by atoms with E-state index in [1.165, 1.54) is 12.1 Å². The molecule has 0 aliphatic rings. The van der Waals surface area contributed by atoms with Gasteiger partial charge in [-0.1, -0.05) is 18.2 Å². The molecule has 0 aliphatic heterocycles. The first-order valence-corrected chi connectivity index (χ1v) is 8.74. The largest absolute Gasteiger partial charge is 0.493 e. The van der Waals surface area contributed by atoms with Crippen molar-refractivity contribution in [3.63, 3.8) is 0 Å². The summed E-state index contributed by atoms with van der Waals surface area (Å²) < 4.78 is 23.4. The number of halogens is 1. The second-order valence-electron chi connectivity index (χ2n) is 6.36. The Morgan fingerprint density at radius 3 is 2.31 bits per heavy atom. The summed E-state index contributed by atoms with van der Waals surface area (Å²) in [5, 5.41) is 0. The number of hydrogen-bond acceptors (Lipinski definition) is 4. The molecule has 0 fully saturated rings. The third-order valence-electron chi connectivity index (χ3n) is 4.35. The number of carbonyl (C=O) groups is 1. The molecule has 0 spiro atoms. The smallest absolute Gasteiger partial charge is 0.160 e. The molecule has 2 aromatic carbocycles. The maximum Gasteiger partial charge on any atom is 0.160 e. The number of aryl methyl sites for hydroxylation is 1. The zero-order chi connectivity index (χ0) is 18.9. The van der Waals surface area contributed by atoms with E-state index in [0.29, 0.717) is 43.6 Å². The molecular weight excluding hydrogens is 333 g/mol. The van der Waals surface area contributed by atoms with Crippen molar-refractivity contribution >= 4 is 5.78 Å². The van der Waals surface area contributed by atoms with Gasteiger partial charge >= 0.3 is 0 Å². The number of Topliss-reactive ketones (excluding diaryl/α,β-unsaturated/α-hetero) is 1. The van der Waals surface area contributed by atoms with Gasteiger partial charge in [-0.2, -0.15) is 0 Å². The summed E-state index contributed by atoms with van der Waals surface area (Å²) in [5.41, 5.74) is 8.19. The highest BCUT2D eigenvalue weighted by molar-refractivity contribution is 5.78. The number of benzene rings is 2. The predicted molar refractivity (Wildman–Crippen MR) is 100 cm³/mol. The summed E-state index contributed by atoms with van der Waals surface area (Å²) in [6, 6.07) is 11.9. The first-order valence-electron chi connectivity index (χ1n) is 8.74. The van der Waals surface area contributed by atoms with E-state index < -0.39 is 0 Å². The lowest BCUT2D eigenvalue weighted by Gasteiger charge is -2.13. The normalized spacial score (nSPS) is 11.8. The van der Waals surface area contributed by atoms with Gasteiger partial charge in [0.1, 0.15) is 11.6 Å². The lowest BCUT2D eigenvalue weighted by atomic mass is 9.99. The number of rotatable bonds is 10. The topological polar surface area (TPSA) is 61.5 Å². The predicted octanol–water partition coefficient (Wildman–Crippen LogP) is 3.69. The molecule has 0 aromatic heterocycles. The van der Waals surface area contributed by atoms with Crippen molar-refractivity contribution in [1.82, 2.24) is 0 Å². The first kappa shape index (κ1) is 19.9. The number of ketones is 1. The Hall–Kier alpha value is -2.40. The van der Waals surface area contributed by atoms with Gasteiger partial charge in [-0.15, -0.1) is 0 Å². The van der Waals surface area contributed by atoms with E-state index in [1.54, 1.807) is 26.4 Å². The standard InChI is InChI=1S/C21H26FNO3/c1-25-20-12-6-16(14-21(20)26-2)13-18(23)9-11-19(24)10-5-15-3-7-17(22)8-4-15/h3-4,6-8,12,14,18H,5,9-11,13,23H2,1-2H3. The molecule has 2 aromatic rings. The van der Waals surface area contributed by atoms with Crippen LogP contribution in [0.5, 0.6) is 11.5 Å². The van der Waals surface area contributed by atoms with Gasteiger partial charge in [0.05, 0.1) is 14.2 Å². The second kappa shape index (κ2) is 9.92. The molecule has 0 amide bonds. The molecule has 4 nitrogen and oxygen atoms in total. The van der Waals surface area contributed by atoms with Gasteiger partial charge in [0.25, 0.3) is 0 Å². The first-order chi connectivity index (χ1) is 12.5. The van der Waals surface area contributed by atoms with Crippen LogP contribution in [0.4, 0.5) is 4.39 Å². The highest BCUT2D eigenvalue weighted by Crippen LogP contribution is 2.28. The lowest BCUT2D eigenvalue weighted by Crippen LogP contribution is -2.24. The Morgan fingerprint density at radius 2 is 1.65 bits per heavy atom. The van der Waals surface area contributed by atoms with Crippen LogP contribution in [-0.2, 0) is 17.6 Å². The third-order valence-corrected chi connectivity index (χ3v) is 4.35. The van der Waals surface area contributed by atoms with Crippen molar-refractivity contribution in [2.45, 2.75) is 38.1 Å². The van der Waals surface area contributed by atoms with Crippen LogP contribution in [0.25, 0.3) is 0 Å². The minimum Gasteiger partial charge on any atom is -0.493 e. The SMILES string of the molecule is COc1ccc(CC(N)CCC(=O)CCc2ccc(F)cc2)cc1OC. The number of hydrogen-bond donors (Lipinski definition) is 1. The third kappa shape index (κ3) is 6.15. The van der Waals surface area contributed by atoms with E-state index in [-0.39, 0.29) is 17.6 Å². The van der Waals surface area contributed by atoms with E-state index in [2.05, 4.69) is 0 Å². The Morgan fingerprint density at radius 1 is 1.00 bits per heavy atom. The number of carbonyl (C=O) groups excluding carboxylic acids is 1. The summed E-state index contributed by atoms with van der Waals surface area (Å²) in [6.07, 6.45) is 2.84. The van der Waals surface area contributed by atoms with Gasteiger partial charge < -0.3 is 15.2 Å². The molecule has 5 heteroatoms. The molecule has 2 rings (SSSR count). The fraction of sp³-hybridized carbons (Fsp3) is 0.381. The van der Waals surface area contributed by atoms with E-state index in [9.17, 15) is 9.18 Å². The monoisotopic (exact) mass is 359 g/mol. The summed E-state index contributed by atoms with van der Waals surface area (Å²) >= 11 is 0. The van der Waals surface area contributed by atoms with Crippen molar-refractivity contribution in [3.8, 4) is 11.5 Å². The van der Waals surface area contributed by atoms with Crippen LogP contribution in [0.15, 0.2) is 42.5 Å². The summed E-state index contributed by atoms with van der Waals surface area (Å²) in [7, 11) is 3.20. The van der Waals surface area contributed by atoms with Crippen molar-refractivity contribution in [1.29, 1.82) is 0 Å². The number of nitrogens with two attached hydrogens (primary N) is 1. The van der Waals surface area contributed by atoms with Gasteiger partial charge in [-0.3, -0.25) is 4.79 Å². The van der Waals surface area contributed by atoms with Crippen molar-refractivity contribution < 1.29 is 18.7 Å².